The molecule has 2 fully saturated rings. The summed E-state index contributed by atoms with van der Waals surface area (Å²) in [5.41, 5.74) is 0. The van der Waals surface area contributed by atoms with Gasteiger partial charge in [0.1, 0.15) is 0 Å². The van der Waals surface area contributed by atoms with Gasteiger partial charge in [-0.3, -0.25) is 0 Å². The van der Waals surface area contributed by atoms with Gasteiger partial charge < -0.3 is 33.4 Å². The monoisotopic (exact) mass is 218 g/mol. The van der Waals surface area contributed by atoms with Crippen LogP contribution in [0.15, 0.2) is 0 Å². The molecule has 0 unspecified atom stereocenters. The molecule has 2 heterocycles. The van der Waals surface area contributed by atoms with Crippen LogP contribution in [0, 0.1) is 0 Å². The van der Waals surface area contributed by atoms with Gasteiger partial charge in [0.2, 0.25) is 0 Å². The first kappa shape index (κ1) is 11.3. The van der Waals surface area contributed by atoms with Gasteiger partial charge in [0.15, 0.2) is 0 Å². The predicted molar refractivity (Wildman–Crippen MR) is 48.4 cm³/mol. The van der Waals surface area contributed by atoms with E-state index in [1.54, 1.807) is 0 Å². The highest BCUT2D eigenvalue weighted by atomic mass is 16.8. The lowest BCUT2D eigenvalue weighted by Gasteiger charge is -2.29. The van der Waals surface area contributed by atoms with Crippen molar-refractivity contribution in [2.24, 2.45) is 0 Å². The summed E-state index contributed by atoms with van der Waals surface area (Å²) in [4.78, 5) is 0. The van der Waals surface area contributed by atoms with Crippen LogP contribution in [0.3, 0.4) is 0 Å². The first-order valence-corrected chi connectivity index (χ1v) is 4.72. The zero-order valence-electron chi connectivity index (χ0n) is 8.07. The zero-order chi connectivity index (χ0) is 10.7. The molecule has 0 radical (unpaired) electrons. The summed E-state index contributed by atoms with van der Waals surface area (Å²) in [6, 6.07) is 0. The molecule has 0 amide bonds. The van der Waals surface area contributed by atoms with Crippen LogP contribution >= 0.6 is 0 Å². The second-order valence-corrected chi connectivity index (χ2v) is 3.34. The summed E-state index contributed by atoms with van der Waals surface area (Å²) in [6.45, 7) is 0.795. The van der Waals surface area contributed by atoms with Gasteiger partial charge >= 0.3 is 14.6 Å². The second kappa shape index (κ2) is 5.26. The highest BCUT2D eigenvalue weighted by molar-refractivity contribution is 6.37. The van der Waals surface area contributed by atoms with Gasteiger partial charge in [-0.25, -0.2) is 0 Å². The van der Waals surface area contributed by atoms with E-state index in [-0.39, 0.29) is 32.5 Å². The van der Waals surface area contributed by atoms with Gasteiger partial charge in [0, 0.05) is 0 Å². The summed E-state index contributed by atoms with van der Waals surface area (Å²) in [5, 5.41) is 18.0. The molecule has 0 bridgehead atoms. The summed E-state index contributed by atoms with van der Waals surface area (Å²) in [7, 11) is -1.99. The van der Waals surface area contributed by atoms with Crippen molar-refractivity contribution in [1.82, 2.24) is 0 Å². The van der Waals surface area contributed by atoms with E-state index in [1.807, 2.05) is 0 Å². The molecule has 7 nitrogen and oxygen atoms in total. The fraction of sp³-hybridized carbons (Fsp3) is 1.00. The molecular formula is C6H12B2O7. The summed E-state index contributed by atoms with van der Waals surface area (Å²) < 4.78 is 25.0. The van der Waals surface area contributed by atoms with Crippen LogP contribution in [0.1, 0.15) is 0 Å². The Labute approximate surface area is 87.6 Å². The van der Waals surface area contributed by atoms with Crippen LogP contribution in [0.2, 0.25) is 0 Å². The van der Waals surface area contributed by atoms with Crippen LogP contribution in [0.5, 0.6) is 0 Å². The summed E-state index contributed by atoms with van der Waals surface area (Å²) >= 11 is 0. The van der Waals surface area contributed by atoms with E-state index in [1.165, 1.54) is 0 Å². The van der Waals surface area contributed by atoms with Gasteiger partial charge in [-0.1, -0.05) is 0 Å². The van der Waals surface area contributed by atoms with Crippen molar-refractivity contribution in [2.45, 2.75) is 12.2 Å². The van der Waals surface area contributed by atoms with Crippen LogP contribution < -0.4 is 0 Å². The lowest BCUT2D eigenvalue weighted by Crippen LogP contribution is -2.47. The lowest BCUT2D eigenvalue weighted by molar-refractivity contribution is -0.0715. The van der Waals surface area contributed by atoms with Crippen molar-refractivity contribution >= 4 is 14.6 Å². The zero-order valence-corrected chi connectivity index (χ0v) is 8.07. The minimum absolute atomic E-state index is 0.182. The molecule has 84 valence electrons. The third-order valence-electron chi connectivity index (χ3n) is 2.00. The Morgan fingerprint density at radius 3 is 2.20 bits per heavy atom. The van der Waals surface area contributed by atoms with Crippen molar-refractivity contribution < 1.29 is 33.4 Å². The quantitative estimate of drug-likeness (QED) is 0.507. The molecule has 0 spiro atoms. The molecule has 0 atom stereocenters. The van der Waals surface area contributed by atoms with E-state index in [0.29, 0.717) is 0 Å². The first-order valence-electron chi connectivity index (χ1n) is 4.72. The van der Waals surface area contributed by atoms with Crippen molar-refractivity contribution in [3.05, 3.63) is 0 Å². The van der Waals surface area contributed by atoms with E-state index < -0.39 is 20.7 Å². The van der Waals surface area contributed by atoms with Gasteiger partial charge in [-0.2, -0.15) is 0 Å². The Morgan fingerprint density at radius 2 is 1.60 bits per heavy atom. The van der Waals surface area contributed by atoms with Crippen LogP contribution in [-0.4, -0.2) is 63.4 Å². The largest absolute Gasteiger partial charge is 0.639 e. The fourth-order valence-corrected chi connectivity index (χ4v) is 1.27. The molecule has 0 saturated carbocycles. The molecule has 0 aliphatic carbocycles. The molecule has 0 aromatic rings. The molecule has 0 aromatic heterocycles. The molecule has 2 aliphatic heterocycles. The number of hydrogen-bond donors (Lipinski definition) is 2. The van der Waals surface area contributed by atoms with E-state index in [0.717, 1.165) is 0 Å². The Morgan fingerprint density at radius 1 is 1.00 bits per heavy atom. The topological polar surface area (TPSA) is 86.6 Å². The van der Waals surface area contributed by atoms with Crippen LogP contribution in [0.4, 0.5) is 0 Å². The maximum absolute atomic E-state index is 9.08. The predicted octanol–water partition coefficient (Wildman–Crippen LogP) is -2.21. The van der Waals surface area contributed by atoms with Gasteiger partial charge in [-0.15, -0.1) is 0 Å². The van der Waals surface area contributed by atoms with Crippen LogP contribution in [-0.2, 0) is 23.3 Å². The summed E-state index contributed by atoms with van der Waals surface area (Å²) in [6.07, 6.45) is -0.945. The van der Waals surface area contributed by atoms with E-state index in [9.17, 15) is 0 Å². The third kappa shape index (κ3) is 3.42. The molecule has 2 aliphatic rings. The average molecular weight is 218 g/mol. The second-order valence-electron chi connectivity index (χ2n) is 3.34. The Hall–Kier alpha value is -0.150. The minimum Gasteiger partial charge on any atom is -0.402 e. The molecule has 0 aromatic carbocycles. The van der Waals surface area contributed by atoms with Crippen molar-refractivity contribution in [1.29, 1.82) is 0 Å². The number of rotatable bonds is 2. The molecule has 2 N–H and O–H groups in total. The van der Waals surface area contributed by atoms with Gasteiger partial charge in [0.25, 0.3) is 0 Å². The van der Waals surface area contributed by atoms with Crippen molar-refractivity contribution in [2.75, 3.05) is 26.4 Å². The maximum Gasteiger partial charge on any atom is 0.639 e. The normalized spacial score (nSPS) is 26.0. The Balaban J connectivity index is 1.68. The standard InChI is InChI=1S/C6H12B2O7/c9-5-1-13-8(14-2-5)15-6-3-11-7(10)12-4-6/h5-6,9-10H,1-4H2. The number of aliphatic hydroxyl groups is 1. The van der Waals surface area contributed by atoms with Gasteiger partial charge in [-0.05, 0) is 0 Å². The van der Waals surface area contributed by atoms with Crippen LogP contribution in [0.25, 0.3) is 0 Å². The fourth-order valence-electron chi connectivity index (χ4n) is 1.27. The third-order valence-corrected chi connectivity index (χ3v) is 2.00. The highest BCUT2D eigenvalue weighted by Crippen LogP contribution is 2.09. The smallest absolute Gasteiger partial charge is 0.402 e. The van der Waals surface area contributed by atoms with E-state index in [2.05, 4.69) is 0 Å². The lowest BCUT2D eigenvalue weighted by atomic mass is 10.1. The average Bonchev–Trinajstić information content (AvgIpc) is 2.25. The SMILES string of the molecule is OB1OCC(OB2OCC(O)CO2)CO1. The number of aliphatic hydroxyl groups excluding tert-OH is 1. The molecule has 9 heteroatoms. The number of hydrogen-bond acceptors (Lipinski definition) is 7. The van der Waals surface area contributed by atoms with E-state index in [4.69, 9.17) is 33.4 Å². The van der Waals surface area contributed by atoms with Gasteiger partial charge in [0.05, 0.1) is 38.6 Å². The summed E-state index contributed by atoms with van der Waals surface area (Å²) in [5.74, 6) is 0. The Bertz CT molecular complexity index is 170. The van der Waals surface area contributed by atoms with Crippen molar-refractivity contribution in [3.63, 3.8) is 0 Å². The molecule has 2 saturated heterocycles. The van der Waals surface area contributed by atoms with Crippen molar-refractivity contribution in [3.8, 4) is 0 Å². The molecule has 2 rings (SSSR count). The molecule has 15 heavy (non-hydrogen) atoms. The van der Waals surface area contributed by atoms with E-state index >= 15 is 0 Å². The molecular weight excluding hydrogens is 206 g/mol. The highest BCUT2D eigenvalue weighted by Gasteiger charge is 2.35. The maximum atomic E-state index is 9.08. The first-order chi connectivity index (χ1) is 7.24. The minimum atomic E-state index is -1.18. The Kier molecular flexibility index (Phi) is 3.98.